The molecule has 2 rings (SSSR count). The molecule has 2 fully saturated rings. The average Bonchev–Trinajstić information content (AvgIpc) is 3.06. The first-order chi connectivity index (χ1) is 11.7. The maximum Gasteiger partial charge on any atom is 0.306 e. The van der Waals surface area contributed by atoms with E-state index in [-0.39, 0.29) is 24.0 Å². The van der Waals surface area contributed by atoms with Crippen LogP contribution < -0.4 is 16.0 Å². The van der Waals surface area contributed by atoms with Crippen LogP contribution >= 0.6 is 0 Å². The van der Waals surface area contributed by atoms with Crippen LogP contribution in [0.1, 0.15) is 58.3 Å². The Morgan fingerprint density at radius 3 is 2.79 bits per heavy atom. The number of piperidine rings is 1. The van der Waals surface area contributed by atoms with Crippen LogP contribution in [0, 0.1) is 0 Å². The van der Waals surface area contributed by atoms with Gasteiger partial charge >= 0.3 is 5.97 Å². The highest BCUT2D eigenvalue weighted by atomic mass is 16.5. The second-order valence-electron chi connectivity index (χ2n) is 6.44. The van der Waals surface area contributed by atoms with Crippen LogP contribution in [0.3, 0.4) is 0 Å². The third-order valence-electron chi connectivity index (χ3n) is 4.36. The van der Waals surface area contributed by atoms with E-state index >= 15 is 0 Å². The summed E-state index contributed by atoms with van der Waals surface area (Å²) < 4.78 is 5.44. The topological polar surface area (TPSA) is 91.8 Å². The fraction of sp³-hybridized carbons (Fsp3) is 0.824. The molecule has 1 unspecified atom stereocenters. The van der Waals surface area contributed by atoms with E-state index in [4.69, 9.17) is 4.74 Å². The summed E-state index contributed by atoms with van der Waals surface area (Å²) in [7, 11) is 0. The summed E-state index contributed by atoms with van der Waals surface area (Å²) >= 11 is 0. The first-order valence-corrected chi connectivity index (χ1v) is 9.18. The number of nitrogens with zero attached hydrogens (tertiary/aromatic N) is 1. The summed E-state index contributed by atoms with van der Waals surface area (Å²) in [6.45, 7) is 3.98. The molecule has 1 saturated heterocycles. The fourth-order valence-electron chi connectivity index (χ4n) is 3.03. The van der Waals surface area contributed by atoms with Gasteiger partial charge in [0, 0.05) is 38.5 Å². The second-order valence-corrected chi connectivity index (χ2v) is 6.44. The third-order valence-corrected chi connectivity index (χ3v) is 4.36. The first-order valence-electron chi connectivity index (χ1n) is 9.18. The summed E-state index contributed by atoms with van der Waals surface area (Å²) in [6, 6.07) is 0.202. The lowest BCUT2D eigenvalue weighted by molar-refractivity contribution is -0.148. The van der Waals surface area contributed by atoms with Gasteiger partial charge in [-0.2, -0.15) is 0 Å². The largest absolute Gasteiger partial charge is 0.462 e. The standard InChI is InChI=1S/C17H30N4O3/c1-2-18-17(21-13-9-10-15(22)20-12-13)19-11-5-8-16(23)24-14-6-3-4-7-14/h13-14H,2-12H2,1H3,(H,20,22)(H2,18,19,21). The van der Waals surface area contributed by atoms with E-state index < -0.39 is 0 Å². The number of esters is 1. The Hall–Kier alpha value is -1.79. The van der Waals surface area contributed by atoms with Gasteiger partial charge in [-0.1, -0.05) is 0 Å². The molecule has 0 aromatic carbocycles. The second kappa shape index (κ2) is 10.2. The van der Waals surface area contributed by atoms with Gasteiger partial charge in [0.2, 0.25) is 5.91 Å². The van der Waals surface area contributed by atoms with Crippen molar-refractivity contribution >= 4 is 17.8 Å². The van der Waals surface area contributed by atoms with Gasteiger partial charge < -0.3 is 20.7 Å². The molecule has 3 N–H and O–H groups in total. The number of aliphatic imine (C=N–C) groups is 1. The zero-order chi connectivity index (χ0) is 17.2. The summed E-state index contributed by atoms with van der Waals surface area (Å²) in [4.78, 5) is 27.5. The van der Waals surface area contributed by atoms with E-state index in [0.29, 0.717) is 32.4 Å². The zero-order valence-electron chi connectivity index (χ0n) is 14.6. The number of ether oxygens (including phenoxy) is 1. The lowest BCUT2D eigenvalue weighted by Gasteiger charge is -2.25. The molecular weight excluding hydrogens is 308 g/mol. The lowest BCUT2D eigenvalue weighted by Crippen LogP contribution is -2.51. The molecule has 1 heterocycles. The highest BCUT2D eigenvalue weighted by molar-refractivity contribution is 5.81. The molecule has 2 aliphatic rings. The molecule has 1 atom stereocenters. The minimum atomic E-state index is -0.106. The maximum atomic E-state index is 11.8. The van der Waals surface area contributed by atoms with Gasteiger partial charge in [0.05, 0.1) is 0 Å². The van der Waals surface area contributed by atoms with Crippen LogP contribution in [0.15, 0.2) is 4.99 Å². The minimum absolute atomic E-state index is 0.106. The number of hydrogen-bond donors (Lipinski definition) is 3. The zero-order valence-corrected chi connectivity index (χ0v) is 14.6. The summed E-state index contributed by atoms with van der Waals surface area (Å²) in [5.74, 6) is 0.739. The Morgan fingerprint density at radius 1 is 1.33 bits per heavy atom. The smallest absolute Gasteiger partial charge is 0.306 e. The quantitative estimate of drug-likeness (QED) is 0.280. The molecule has 0 bridgehead atoms. The predicted molar refractivity (Wildman–Crippen MR) is 92.7 cm³/mol. The van der Waals surface area contributed by atoms with Gasteiger partial charge in [-0.3, -0.25) is 14.6 Å². The van der Waals surface area contributed by atoms with Crippen molar-refractivity contribution in [3.05, 3.63) is 0 Å². The number of rotatable bonds is 7. The Kier molecular flexibility index (Phi) is 7.85. The van der Waals surface area contributed by atoms with Crippen molar-refractivity contribution in [1.82, 2.24) is 16.0 Å². The van der Waals surface area contributed by atoms with Gasteiger partial charge in [-0.05, 0) is 45.4 Å². The number of amides is 1. The first kappa shape index (κ1) is 18.5. The van der Waals surface area contributed by atoms with Gasteiger partial charge in [-0.15, -0.1) is 0 Å². The average molecular weight is 338 g/mol. The van der Waals surface area contributed by atoms with Gasteiger partial charge in [0.1, 0.15) is 6.10 Å². The molecule has 1 saturated carbocycles. The van der Waals surface area contributed by atoms with Gasteiger partial charge in [0.15, 0.2) is 5.96 Å². The SMILES string of the molecule is CCNC(=NCCCC(=O)OC1CCCC1)NC1CCC(=O)NC1. The summed E-state index contributed by atoms with van der Waals surface area (Å²) in [6.07, 6.45) is 6.95. The van der Waals surface area contributed by atoms with Crippen LogP contribution in [-0.4, -0.2) is 49.6 Å². The molecule has 1 aliphatic heterocycles. The fourth-order valence-corrected chi connectivity index (χ4v) is 3.03. The highest BCUT2D eigenvalue weighted by Crippen LogP contribution is 2.21. The number of carbonyl (C=O) groups is 2. The van der Waals surface area contributed by atoms with Crippen molar-refractivity contribution in [2.24, 2.45) is 4.99 Å². The molecular formula is C17H30N4O3. The van der Waals surface area contributed by atoms with Crippen molar-refractivity contribution in [2.45, 2.75) is 70.4 Å². The number of hydrogen-bond acceptors (Lipinski definition) is 4. The number of carbonyl (C=O) groups excluding carboxylic acids is 2. The minimum Gasteiger partial charge on any atom is -0.462 e. The van der Waals surface area contributed by atoms with Crippen LogP contribution in [0.5, 0.6) is 0 Å². The van der Waals surface area contributed by atoms with E-state index in [1.807, 2.05) is 6.92 Å². The third kappa shape index (κ3) is 6.76. The predicted octanol–water partition coefficient (Wildman–Crippen LogP) is 1.09. The Bertz CT molecular complexity index is 437. The molecule has 0 spiro atoms. The van der Waals surface area contributed by atoms with Crippen molar-refractivity contribution < 1.29 is 14.3 Å². The molecule has 136 valence electrons. The van der Waals surface area contributed by atoms with Crippen molar-refractivity contribution in [3.63, 3.8) is 0 Å². The number of nitrogens with one attached hydrogen (secondary N) is 3. The molecule has 1 aliphatic carbocycles. The lowest BCUT2D eigenvalue weighted by atomic mass is 10.1. The maximum absolute atomic E-state index is 11.8. The van der Waals surface area contributed by atoms with Gasteiger partial charge in [-0.25, -0.2) is 0 Å². The van der Waals surface area contributed by atoms with Crippen LogP contribution in [0.2, 0.25) is 0 Å². The van der Waals surface area contributed by atoms with Crippen LogP contribution in [-0.2, 0) is 14.3 Å². The van der Waals surface area contributed by atoms with E-state index in [1.54, 1.807) is 0 Å². The summed E-state index contributed by atoms with van der Waals surface area (Å²) in [5, 5.41) is 9.38. The normalized spacial score (nSPS) is 22.1. The monoisotopic (exact) mass is 338 g/mol. The summed E-state index contributed by atoms with van der Waals surface area (Å²) in [5.41, 5.74) is 0. The Labute approximate surface area is 144 Å². The molecule has 7 heteroatoms. The Balaban J connectivity index is 1.66. The van der Waals surface area contributed by atoms with Crippen molar-refractivity contribution in [1.29, 1.82) is 0 Å². The van der Waals surface area contributed by atoms with Crippen LogP contribution in [0.4, 0.5) is 0 Å². The van der Waals surface area contributed by atoms with Crippen molar-refractivity contribution in [3.8, 4) is 0 Å². The Morgan fingerprint density at radius 2 is 2.12 bits per heavy atom. The van der Waals surface area contributed by atoms with Crippen molar-refractivity contribution in [2.75, 3.05) is 19.6 Å². The number of guanidine groups is 1. The molecule has 1 amide bonds. The molecule has 24 heavy (non-hydrogen) atoms. The molecule has 0 aromatic rings. The van der Waals surface area contributed by atoms with Crippen LogP contribution in [0.25, 0.3) is 0 Å². The molecule has 0 aromatic heterocycles. The molecule has 0 radical (unpaired) electrons. The highest BCUT2D eigenvalue weighted by Gasteiger charge is 2.19. The van der Waals surface area contributed by atoms with E-state index in [9.17, 15) is 9.59 Å². The van der Waals surface area contributed by atoms with E-state index in [0.717, 1.165) is 31.8 Å². The van der Waals surface area contributed by atoms with Gasteiger partial charge in [0.25, 0.3) is 0 Å². The van der Waals surface area contributed by atoms with E-state index in [2.05, 4.69) is 20.9 Å². The molecule has 7 nitrogen and oxygen atoms in total. The van der Waals surface area contributed by atoms with E-state index in [1.165, 1.54) is 12.8 Å².